The fourth-order valence-electron chi connectivity index (χ4n) is 3.67. The molecular formula is C21H32N4. The number of aryl methyl sites for hydroxylation is 1. The molecule has 1 fully saturated rings. The number of aromatic nitrogens is 2. The number of piperidine rings is 1. The Kier molecular flexibility index (Phi) is 5.48. The lowest BCUT2D eigenvalue weighted by molar-refractivity contribution is 0.210. The molecule has 4 nitrogen and oxygen atoms in total. The molecule has 0 saturated carbocycles. The minimum Gasteiger partial charge on any atom is -0.371 e. The number of para-hydroxylation sites is 1. The molecule has 25 heavy (non-hydrogen) atoms. The fourth-order valence-corrected chi connectivity index (χ4v) is 3.67. The van der Waals surface area contributed by atoms with Crippen molar-refractivity contribution >= 4 is 5.69 Å². The lowest BCUT2D eigenvalue weighted by atomic mass is 9.85. The zero-order chi connectivity index (χ0) is 17.9. The van der Waals surface area contributed by atoms with Crippen LogP contribution < -0.4 is 10.2 Å². The summed E-state index contributed by atoms with van der Waals surface area (Å²) in [5.74, 6) is 0. The standard InChI is InChI=1S/C21H32N4/c1-17-7-5-6-8-19(17)25-12-9-18(10-13-25)23-20(21(2,3)4)15-24-14-11-22-16-24/h5-8,11,14,16,18,20,23H,9-10,12-13,15H2,1-4H3. The van der Waals surface area contributed by atoms with Crippen LogP contribution >= 0.6 is 0 Å². The summed E-state index contributed by atoms with van der Waals surface area (Å²) in [6.07, 6.45) is 8.23. The van der Waals surface area contributed by atoms with E-state index in [9.17, 15) is 0 Å². The summed E-state index contributed by atoms with van der Waals surface area (Å²) in [6.45, 7) is 12.4. The largest absolute Gasteiger partial charge is 0.371 e. The van der Waals surface area contributed by atoms with Crippen molar-refractivity contribution in [2.75, 3.05) is 18.0 Å². The molecule has 1 aliphatic rings. The molecule has 1 saturated heterocycles. The van der Waals surface area contributed by atoms with Gasteiger partial charge < -0.3 is 14.8 Å². The van der Waals surface area contributed by atoms with Crippen molar-refractivity contribution in [1.82, 2.24) is 14.9 Å². The smallest absolute Gasteiger partial charge is 0.0946 e. The second kappa shape index (κ2) is 7.61. The maximum Gasteiger partial charge on any atom is 0.0946 e. The first kappa shape index (κ1) is 18.0. The monoisotopic (exact) mass is 340 g/mol. The van der Waals surface area contributed by atoms with Crippen LogP contribution in [0.3, 0.4) is 0 Å². The number of hydrogen-bond acceptors (Lipinski definition) is 3. The highest BCUT2D eigenvalue weighted by Crippen LogP contribution is 2.26. The molecule has 3 rings (SSSR count). The molecular weight excluding hydrogens is 308 g/mol. The van der Waals surface area contributed by atoms with Crippen LogP contribution in [0.25, 0.3) is 0 Å². The summed E-state index contributed by atoms with van der Waals surface area (Å²) < 4.78 is 2.19. The summed E-state index contributed by atoms with van der Waals surface area (Å²) in [6, 6.07) is 9.76. The van der Waals surface area contributed by atoms with Crippen molar-refractivity contribution in [1.29, 1.82) is 0 Å². The van der Waals surface area contributed by atoms with Gasteiger partial charge >= 0.3 is 0 Å². The van der Waals surface area contributed by atoms with Gasteiger partial charge in [0.05, 0.1) is 6.33 Å². The molecule has 0 amide bonds. The first-order valence-electron chi connectivity index (χ1n) is 9.46. The molecule has 2 aromatic rings. The second-order valence-electron chi connectivity index (χ2n) is 8.39. The van der Waals surface area contributed by atoms with Gasteiger partial charge in [-0.05, 0) is 36.8 Å². The minimum atomic E-state index is 0.220. The van der Waals surface area contributed by atoms with Gasteiger partial charge in [0.25, 0.3) is 0 Å². The van der Waals surface area contributed by atoms with Gasteiger partial charge in [0, 0.05) is 49.8 Å². The molecule has 4 heteroatoms. The summed E-state index contributed by atoms with van der Waals surface area (Å²) in [5.41, 5.74) is 2.99. The number of nitrogens with one attached hydrogen (secondary N) is 1. The maximum absolute atomic E-state index is 4.18. The molecule has 1 aromatic carbocycles. The zero-order valence-corrected chi connectivity index (χ0v) is 16.1. The van der Waals surface area contributed by atoms with Gasteiger partial charge in [-0.15, -0.1) is 0 Å². The van der Waals surface area contributed by atoms with E-state index in [4.69, 9.17) is 0 Å². The van der Waals surface area contributed by atoms with Gasteiger partial charge in [-0.2, -0.15) is 0 Å². The predicted molar refractivity (Wildman–Crippen MR) is 105 cm³/mol. The van der Waals surface area contributed by atoms with Crippen molar-refractivity contribution in [3.8, 4) is 0 Å². The van der Waals surface area contributed by atoms with Crippen LogP contribution in [0.4, 0.5) is 5.69 Å². The third kappa shape index (κ3) is 4.63. The number of benzene rings is 1. The Labute approximate surface area is 152 Å². The third-order valence-corrected chi connectivity index (χ3v) is 5.39. The van der Waals surface area contributed by atoms with E-state index in [1.807, 2.05) is 12.5 Å². The normalized spacial score (nSPS) is 17.7. The van der Waals surface area contributed by atoms with E-state index in [1.54, 1.807) is 0 Å². The fraction of sp³-hybridized carbons (Fsp3) is 0.571. The molecule has 1 unspecified atom stereocenters. The van der Waals surface area contributed by atoms with Crippen LogP contribution in [-0.2, 0) is 6.54 Å². The molecule has 0 radical (unpaired) electrons. The Morgan fingerprint density at radius 2 is 1.92 bits per heavy atom. The van der Waals surface area contributed by atoms with Gasteiger partial charge in [0.15, 0.2) is 0 Å². The number of anilines is 1. The number of rotatable bonds is 5. The highest BCUT2D eigenvalue weighted by atomic mass is 15.2. The SMILES string of the molecule is Cc1ccccc1N1CCC(NC(Cn2ccnc2)C(C)(C)C)CC1. The van der Waals surface area contributed by atoms with Crippen LogP contribution in [0.2, 0.25) is 0 Å². The van der Waals surface area contributed by atoms with Gasteiger partial charge in [-0.3, -0.25) is 0 Å². The van der Waals surface area contributed by atoms with E-state index in [-0.39, 0.29) is 5.41 Å². The van der Waals surface area contributed by atoms with Crippen LogP contribution in [0.5, 0.6) is 0 Å². The van der Waals surface area contributed by atoms with E-state index >= 15 is 0 Å². The van der Waals surface area contributed by atoms with Crippen LogP contribution in [0, 0.1) is 12.3 Å². The van der Waals surface area contributed by atoms with Crippen LogP contribution in [0.1, 0.15) is 39.2 Å². The van der Waals surface area contributed by atoms with Gasteiger partial charge in [0.1, 0.15) is 0 Å². The van der Waals surface area contributed by atoms with E-state index in [0.29, 0.717) is 12.1 Å². The van der Waals surface area contributed by atoms with Crippen molar-refractivity contribution in [2.24, 2.45) is 5.41 Å². The van der Waals surface area contributed by atoms with E-state index in [2.05, 4.69) is 77.9 Å². The average molecular weight is 341 g/mol. The first-order chi connectivity index (χ1) is 11.9. The third-order valence-electron chi connectivity index (χ3n) is 5.39. The molecule has 1 aliphatic heterocycles. The molecule has 0 spiro atoms. The maximum atomic E-state index is 4.18. The van der Waals surface area contributed by atoms with E-state index in [1.165, 1.54) is 24.1 Å². The summed E-state index contributed by atoms with van der Waals surface area (Å²) >= 11 is 0. The van der Waals surface area contributed by atoms with Crippen molar-refractivity contribution < 1.29 is 0 Å². The van der Waals surface area contributed by atoms with Crippen molar-refractivity contribution in [3.05, 3.63) is 48.5 Å². The highest BCUT2D eigenvalue weighted by Gasteiger charge is 2.29. The van der Waals surface area contributed by atoms with Gasteiger partial charge in [-0.1, -0.05) is 39.0 Å². The summed E-state index contributed by atoms with van der Waals surface area (Å²) in [5, 5.41) is 3.95. The minimum absolute atomic E-state index is 0.220. The summed E-state index contributed by atoms with van der Waals surface area (Å²) in [7, 11) is 0. The van der Waals surface area contributed by atoms with Crippen molar-refractivity contribution in [3.63, 3.8) is 0 Å². The highest BCUT2D eigenvalue weighted by molar-refractivity contribution is 5.53. The quantitative estimate of drug-likeness (QED) is 0.897. The van der Waals surface area contributed by atoms with Crippen LogP contribution in [0.15, 0.2) is 43.0 Å². The van der Waals surface area contributed by atoms with Gasteiger partial charge in [0.2, 0.25) is 0 Å². The van der Waals surface area contributed by atoms with Crippen molar-refractivity contribution in [2.45, 2.75) is 59.2 Å². The van der Waals surface area contributed by atoms with Crippen LogP contribution in [-0.4, -0.2) is 34.7 Å². The average Bonchev–Trinajstić information content (AvgIpc) is 3.08. The Balaban J connectivity index is 1.59. The lowest BCUT2D eigenvalue weighted by Crippen LogP contribution is -2.51. The molecule has 1 aromatic heterocycles. The second-order valence-corrected chi connectivity index (χ2v) is 8.39. The lowest BCUT2D eigenvalue weighted by Gasteiger charge is -2.40. The number of nitrogens with zero attached hydrogens (tertiary/aromatic N) is 3. The van der Waals surface area contributed by atoms with E-state index in [0.717, 1.165) is 19.6 Å². The van der Waals surface area contributed by atoms with E-state index < -0.39 is 0 Å². The Bertz CT molecular complexity index is 649. The molecule has 0 bridgehead atoms. The zero-order valence-electron chi connectivity index (χ0n) is 16.1. The van der Waals surface area contributed by atoms with Gasteiger partial charge in [-0.25, -0.2) is 4.98 Å². The predicted octanol–water partition coefficient (Wildman–Crippen LogP) is 3.86. The Hall–Kier alpha value is -1.81. The Morgan fingerprint density at radius 3 is 2.52 bits per heavy atom. The topological polar surface area (TPSA) is 33.1 Å². The molecule has 136 valence electrons. The first-order valence-corrected chi connectivity index (χ1v) is 9.46. The molecule has 2 heterocycles. The summed E-state index contributed by atoms with van der Waals surface area (Å²) in [4.78, 5) is 6.72. The molecule has 1 atom stereocenters. The molecule has 1 N–H and O–H groups in total. The Morgan fingerprint density at radius 1 is 1.20 bits per heavy atom. The molecule has 0 aliphatic carbocycles. The number of hydrogen-bond donors (Lipinski definition) is 1. The number of imidazole rings is 1.